The van der Waals surface area contributed by atoms with Crippen LogP contribution in [0.5, 0.6) is 11.5 Å². The number of carbonyl (C=O) groups is 1. The lowest BCUT2D eigenvalue weighted by Gasteiger charge is -2.37. The first-order valence-electron chi connectivity index (χ1n) is 11.4. The number of benzene rings is 1. The Balaban J connectivity index is 1.17. The number of nitrogens with one attached hydrogen (secondary N) is 2. The lowest BCUT2D eigenvalue weighted by atomic mass is 9.71. The molecule has 1 atom stereocenters. The minimum Gasteiger partial charge on any atom is -0.486 e. The van der Waals surface area contributed by atoms with E-state index in [0.29, 0.717) is 25.4 Å². The number of hydrogen-bond donors (Lipinski definition) is 2. The van der Waals surface area contributed by atoms with E-state index in [1.807, 2.05) is 48.7 Å². The molecule has 0 spiro atoms. The van der Waals surface area contributed by atoms with Crippen molar-refractivity contribution < 1.29 is 14.3 Å². The molecule has 0 saturated heterocycles. The molecule has 2 aromatic heterocycles. The molecule has 1 aliphatic heterocycles. The summed E-state index contributed by atoms with van der Waals surface area (Å²) in [5.41, 5.74) is 0.855. The van der Waals surface area contributed by atoms with Gasteiger partial charge in [-0.15, -0.1) is 10.2 Å². The fourth-order valence-electron chi connectivity index (χ4n) is 4.77. The third-order valence-electron chi connectivity index (χ3n) is 6.51. The molecule has 168 valence electrons. The molecule has 1 aliphatic carbocycles. The Morgan fingerprint density at radius 2 is 1.84 bits per heavy atom. The SMILES string of the molecule is O=C(NCC1COc2ccccc2O1)NCC1(Cc2nnc3ccccn23)CCCCC1. The maximum atomic E-state index is 12.6. The van der Waals surface area contributed by atoms with Gasteiger partial charge < -0.3 is 20.1 Å². The van der Waals surface area contributed by atoms with Crippen molar-refractivity contribution in [3.05, 3.63) is 54.5 Å². The molecule has 8 heteroatoms. The van der Waals surface area contributed by atoms with E-state index < -0.39 is 0 Å². The van der Waals surface area contributed by atoms with Crippen molar-refractivity contribution in [2.24, 2.45) is 5.41 Å². The van der Waals surface area contributed by atoms with Crippen LogP contribution in [0.15, 0.2) is 48.7 Å². The minimum absolute atomic E-state index is 0.00220. The summed E-state index contributed by atoms with van der Waals surface area (Å²) in [5, 5.41) is 14.8. The van der Waals surface area contributed by atoms with E-state index in [2.05, 4.69) is 25.2 Å². The second-order valence-corrected chi connectivity index (χ2v) is 8.84. The molecular formula is C24H29N5O3. The maximum Gasteiger partial charge on any atom is 0.314 e. The van der Waals surface area contributed by atoms with Crippen molar-refractivity contribution in [3.63, 3.8) is 0 Å². The number of pyridine rings is 1. The van der Waals surface area contributed by atoms with Gasteiger partial charge in [0.2, 0.25) is 0 Å². The minimum atomic E-state index is -0.207. The van der Waals surface area contributed by atoms with Crippen LogP contribution in [0, 0.1) is 5.41 Å². The van der Waals surface area contributed by atoms with Gasteiger partial charge in [-0.05, 0) is 42.5 Å². The van der Waals surface area contributed by atoms with Crippen molar-refractivity contribution in [2.45, 2.75) is 44.6 Å². The van der Waals surface area contributed by atoms with Crippen molar-refractivity contribution in [1.82, 2.24) is 25.2 Å². The van der Waals surface area contributed by atoms with Crippen molar-refractivity contribution in [1.29, 1.82) is 0 Å². The van der Waals surface area contributed by atoms with Gasteiger partial charge in [-0.3, -0.25) is 4.40 Å². The molecule has 3 aromatic rings. The molecule has 2 N–H and O–H groups in total. The largest absolute Gasteiger partial charge is 0.486 e. The number of urea groups is 1. The number of para-hydroxylation sites is 2. The first-order chi connectivity index (χ1) is 15.7. The highest BCUT2D eigenvalue weighted by atomic mass is 16.6. The zero-order valence-corrected chi connectivity index (χ0v) is 18.1. The smallest absolute Gasteiger partial charge is 0.314 e. The number of ether oxygens (including phenoxy) is 2. The van der Waals surface area contributed by atoms with Crippen LogP contribution in [0.2, 0.25) is 0 Å². The van der Waals surface area contributed by atoms with Gasteiger partial charge in [0.25, 0.3) is 0 Å². The van der Waals surface area contributed by atoms with Crippen LogP contribution in [-0.4, -0.2) is 46.4 Å². The summed E-state index contributed by atoms with van der Waals surface area (Å²) in [4.78, 5) is 12.6. The lowest BCUT2D eigenvalue weighted by Crippen LogP contribution is -2.48. The second-order valence-electron chi connectivity index (χ2n) is 8.84. The highest BCUT2D eigenvalue weighted by molar-refractivity contribution is 5.73. The second kappa shape index (κ2) is 9.06. The molecule has 2 aliphatic rings. The fourth-order valence-corrected chi connectivity index (χ4v) is 4.77. The van der Waals surface area contributed by atoms with Gasteiger partial charge in [-0.2, -0.15) is 0 Å². The quantitative estimate of drug-likeness (QED) is 0.620. The van der Waals surface area contributed by atoms with Crippen LogP contribution in [-0.2, 0) is 6.42 Å². The van der Waals surface area contributed by atoms with E-state index in [4.69, 9.17) is 9.47 Å². The van der Waals surface area contributed by atoms with Crippen LogP contribution in [0.4, 0.5) is 4.79 Å². The van der Waals surface area contributed by atoms with Gasteiger partial charge in [0, 0.05) is 19.2 Å². The average molecular weight is 436 g/mol. The Hall–Kier alpha value is -3.29. The van der Waals surface area contributed by atoms with Gasteiger partial charge in [0.1, 0.15) is 12.4 Å². The van der Waals surface area contributed by atoms with Crippen LogP contribution in [0.3, 0.4) is 0 Å². The number of carbonyl (C=O) groups excluding carboxylic acids is 1. The predicted molar refractivity (Wildman–Crippen MR) is 120 cm³/mol. The number of hydrogen-bond acceptors (Lipinski definition) is 5. The standard InChI is InChI=1S/C24H29N5O3/c30-23(25-15-18-16-31-19-8-2-3-9-20(19)32-18)26-17-24(11-5-1-6-12-24)14-22-28-27-21-10-4-7-13-29(21)22/h2-4,7-10,13,18H,1,5-6,11-12,14-17H2,(H2,25,26,30). The van der Waals surface area contributed by atoms with E-state index in [0.717, 1.165) is 36.5 Å². The van der Waals surface area contributed by atoms with E-state index >= 15 is 0 Å². The fraction of sp³-hybridized carbons (Fsp3) is 0.458. The Kier molecular flexibility index (Phi) is 5.83. The highest BCUT2D eigenvalue weighted by Gasteiger charge is 2.34. The Morgan fingerprint density at radius 3 is 2.72 bits per heavy atom. The third kappa shape index (κ3) is 4.49. The summed E-state index contributed by atoms with van der Waals surface area (Å²) in [5.74, 6) is 2.41. The summed E-state index contributed by atoms with van der Waals surface area (Å²) in [6.45, 7) is 1.43. The normalized spacial score (nSPS) is 19.4. The molecule has 3 heterocycles. The predicted octanol–water partition coefficient (Wildman–Crippen LogP) is 3.36. The summed E-state index contributed by atoms with van der Waals surface area (Å²) < 4.78 is 13.7. The maximum absolute atomic E-state index is 12.6. The van der Waals surface area contributed by atoms with Crippen molar-refractivity contribution in [3.8, 4) is 11.5 Å². The summed E-state index contributed by atoms with van der Waals surface area (Å²) in [6.07, 6.45) is 8.34. The molecule has 1 saturated carbocycles. The first-order valence-corrected chi connectivity index (χ1v) is 11.4. The zero-order chi connectivity index (χ0) is 21.8. The molecule has 0 bridgehead atoms. The van der Waals surface area contributed by atoms with Gasteiger partial charge >= 0.3 is 6.03 Å². The Morgan fingerprint density at radius 1 is 1.03 bits per heavy atom. The average Bonchev–Trinajstić information content (AvgIpc) is 3.24. The topological polar surface area (TPSA) is 89.8 Å². The molecule has 2 amide bonds. The van der Waals surface area contributed by atoms with Gasteiger partial charge in [0.15, 0.2) is 23.3 Å². The molecule has 1 unspecified atom stereocenters. The molecule has 32 heavy (non-hydrogen) atoms. The monoisotopic (exact) mass is 435 g/mol. The molecule has 5 rings (SSSR count). The summed E-state index contributed by atoms with van der Waals surface area (Å²) >= 11 is 0. The molecule has 0 radical (unpaired) electrons. The van der Waals surface area contributed by atoms with E-state index in [1.165, 1.54) is 19.3 Å². The number of nitrogens with zero attached hydrogens (tertiary/aromatic N) is 3. The van der Waals surface area contributed by atoms with Gasteiger partial charge in [-0.25, -0.2) is 4.79 Å². The van der Waals surface area contributed by atoms with E-state index in [-0.39, 0.29) is 17.6 Å². The highest BCUT2D eigenvalue weighted by Crippen LogP contribution is 2.38. The molecular weight excluding hydrogens is 406 g/mol. The summed E-state index contributed by atoms with van der Waals surface area (Å²) in [6, 6.07) is 13.3. The van der Waals surface area contributed by atoms with Gasteiger partial charge in [-0.1, -0.05) is 37.5 Å². The van der Waals surface area contributed by atoms with Crippen LogP contribution in [0.25, 0.3) is 5.65 Å². The van der Waals surface area contributed by atoms with Crippen LogP contribution in [0.1, 0.15) is 37.9 Å². The number of amides is 2. The summed E-state index contributed by atoms with van der Waals surface area (Å²) in [7, 11) is 0. The zero-order valence-electron chi connectivity index (χ0n) is 18.1. The first kappa shape index (κ1) is 20.6. The lowest BCUT2D eigenvalue weighted by molar-refractivity contribution is 0.0915. The van der Waals surface area contributed by atoms with E-state index in [1.54, 1.807) is 0 Å². The van der Waals surface area contributed by atoms with Crippen LogP contribution < -0.4 is 20.1 Å². The number of aromatic nitrogens is 3. The van der Waals surface area contributed by atoms with Crippen molar-refractivity contribution in [2.75, 3.05) is 19.7 Å². The Bertz CT molecular complexity index is 1080. The third-order valence-corrected chi connectivity index (χ3v) is 6.51. The van der Waals surface area contributed by atoms with E-state index in [9.17, 15) is 4.79 Å². The number of fused-ring (bicyclic) bond motifs is 2. The Labute approximate surface area is 187 Å². The van der Waals surface area contributed by atoms with Crippen LogP contribution >= 0.6 is 0 Å². The molecule has 8 nitrogen and oxygen atoms in total. The number of rotatable bonds is 6. The van der Waals surface area contributed by atoms with Crippen molar-refractivity contribution >= 4 is 11.7 Å². The van der Waals surface area contributed by atoms with Gasteiger partial charge in [0.05, 0.1) is 6.54 Å². The molecule has 1 aromatic carbocycles. The molecule has 1 fully saturated rings.